The van der Waals surface area contributed by atoms with Crippen molar-refractivity contribution >= 4 is 68.1 Å². The van der Waals surface area contributed by atoms with Crippen molar-refractivity contribution in [2.24, 2.45) is 118 Å². The molecule has 0 nitrogen and oxygen atoms in total. The van der Waals surface area contributed by atoms with Gasteiger partial charge in [0.05, 0.1) is 0 Å². The first kappa shape index (κ1) is 112. The Hall–Kier alpha value is 2.66. The molecule has 0 bridgehead atoms. The minimum absolute atomic E-state index is 0. The SMILES string of the molecule is C1=CC2CCC(CCCC3CCC4C=CC=CC43)C2C=C1.C1=CC2CCC(CCCC3CCC4C=CC=CC43)C2C=C1.C1=CC2CCC(CCCCC3CCC4C=CC=CC43)C2C=C1.CCCCC1CCCC1.CCCCC1CCCC1.F.[CH3-].[CH3-].[CH3-].[CH3-].[CH3-].[CH3-].[CH3-].[CH3-].[Cl][Zr+2][Cl].[Cl][Zr+2][Cl].[Cl][Zr+2][Cl].[Cl][Zr+2][Cl]. The van der Waals surface area contributed by atoms with Gasteiger partial charge in [0.1, 0.15) is 0 Å². The zero-order chi connectivity index (χ0) is 66.8. The van der Waals surface area contributed by atoms with Gasteiger partial charge in [-0.15, -0.1) is 0 Å². The number of fused-ring (bicyclic) bond motifs is 6. The van der Waals surface area contributed by atoms with Gasteiger partial charge in [0.15, 0.2) is 0 Å². The van der Waals surface area contributed by atoms with E-state index >= 15 is 0 Å². The molecule has 0 aliphatic heterocycles. The summed E-state index contributed by atoms with van der Waals surface area (Å²) in [5.41, 5.74) is 0. The third-order valence-corrected chi connectivity index (χ3v) is 24.9. The summed E-state index contributed by atoms with van der Waals surface area (Å²) in [6.45, 7) is 4.57. The van der Waals surface area contributed by atoms with Crippen LogP contribution in [0.15, 0.2) is 146 Å². The Bertz CT molecular complexity index is 2100. The number of unbranched alkanes of at least 4 members (excludes halogenated alkanes) is 3. The monoisotopic (exact) mass is 1890 g/mol. The van der Waals surface area contributed by atoms with E-state index < -0.39 is 83.4 Å². The molecule has 103 heavy (non-hydrogen) atoms. The van der Waals surface area contributed by atoms with Crippen molar-refractivity contribution in [3.05, 3.63) is 205 Å². The van der Waals surface area contributed by atoms with Crippen molar-refractivity contribution in [3.63, 3.8) is 0 Å². The van der Waals surface area contributed by atoms with E-state index in [4.69, 9.17) is 68.1 Å². The molecule has 8 fully saturated rings. The Morgan fingerprint density at radius 2 is 0.388 bits per heavy atom. The van der Waals surface area contributed by atoms with Crippen molar-refractivity contribution in [3.8, 4) is 0 Å². The molecule has 18 atom stereocenters. The maximum atomic E-state index is 4.93. The van der Waals surface area contributed by atoms with Crippen LogP contribution in [0, 0.1) is 178 Å². The summed E-state index contributed by atoms with van der Waals surface area (Å²) in [7, 11) is 39.5. The van der Waals surface area contributed by atoms with Crippen molar-refractivity contribution in [1.29, 1.82) is 0 Å². The third kappa shape index (κ3) is 41.2. The summed E-state index contributed by atoms with van der Waals surface area (Å²) in [4.78, 5) is 0. The predicted molar refractivity (Wildman–Crippen MR) is 458 cm³/mol. The summed E-state index contributed by atoms with van der Waals surface area (Å²) in [5.74, 6) is 18.4. The molecular formula is C90H147Cl8FZr4. The van der Waals surface area contributed by atoms with Gasteiger partial charge < -0.3 is 59.4 Å². The molecule has 0 spiro atoms. The van der Waals surface area contributed by atoms with E-state index in [1.54, 1.807) is 0 Å². The minimum atomic E-state index is -0.826. The van der Waals surface area contributed by atoms with Crippen LogP contribution in [0.1, 0.15) is 245 Å². The van der Waals surface area contributed by atoms with Crippen LogP contribution >= 0.6 is 68.1 Å². The van der Waals surface area contributed by atoms with Crippen molar-refractivity contribution in [2.75, 3.05) is 0 Å². The van der Waals surface area contributed by atoms with E-state index in [0.29, 0.717) is 0 Å². The summed E-state index contributed by atoms with van der Waals surface area (Å²) < 4.78 is 0. The van der Waals surface area contributed by atoms with Gasteiger partial charge in [-0.3, -0.25) is 4.70 Å². The second kappa shape index (κ2) is 70.1. The van der Waals surface area contributed by atoms with Crippen molar-refractivity contribution in [1.82, 2.24) is 0 Å². The standard InChI is InChI=1S/C22H30.2C21H28.2C9H18.8CH3.8ClH.FH.4Zr/c1(7-17-13-15-19-9-3-5-11-21(17)19)2-8-18-14-16-20-10-4-6-12-22(18)20;2*1-3-10-20-16(6-1)12-14-18(20)8-5-9-19-15-13-17-7-2-4-11-21(17)19;2*1-2-3-6-9-7-4-5-8-9;;;;;;;;;;;;;;;;;;;;;/h3-6,9-12,17-22H,1-2,7-8,13-16H2;2*1-4,6-7,10-11,16-21H,5,8-9,12-15H2;2*9H,2-8H2,1H3;8*1H3;9*1H;;;;/q;;;;;8*-1;;;;;;;;;;4*+4/p-8. The van der Waals surface area contributed by atoms with Gasteiger partial charge in [-0.05, 0) is 234 Å². The summed E-state index contributed by atoms with van der Waals surface area (Å²) in [6, 6.07) is 0. The van der Waals surface area contributed by atoms with Gasteiger partial charge in [-0.2, -0.15) is 0 Å². The quantitative estimate of drug-likeness (QED) is 0.0893. The van der Waals surface area contributed by atoms with Crippen LogP contribution in [0.25, 0.3) is 0 Å². The van der Waals surface area contributed by atoms with Gasteiger partial charge in [0, 0.05) is 0 Å². The molecule has 0 heterocycles. The van der Waals surface area contributed by atoms with Crippen LogP contribution in [-0.4, -0.2) is 0 Å². The number of allylic oxidation sites excluding steroid dienone is 24. The number of rotatable bonds is 19. The van der Waals surface area contributed by atoms with E-state index in [2.05, 4.69) is 160 Å². The van der Waals surface area contributed by atoms with E-state index in [-0.39, 0.29) is 64.1 Å². The van der Waals surface area contributed by atoms with Gasteiger partial charge in [0.25, 0.3) is 0 Å². The van der Waals surface area contributed by atoms with Crippen molar-refractivity contribution < 1.29 is 88.1 Å². The van der Waals surface area contributed by atoms with Gasteiger partial charge in [0.2, 0.25) is 0 Å². The average Bonchev–Trinajstić information content (AvgIpc) is 1.72. The molecule has 18 unspecified atom stereocenters. The van der Waals surface area contributed by atoms with Crippen LogP contribution in [0.4, 0.5) is 4.70 Å². The van der Waals surface area contributed by atoms with Crippen molar-refractivity contribution in [2.45, 2.75) is 245 Å². The van der Waals surface area contributed by atoms with Gasteiger partial charge >= 0.3 is 151 Å². The van der Waals surface area contributed by atoms with Gasteiger partial charge in [-0.25, -0.2) is 0 Å². The Morgan fingerprint density at radius 1 is 0.223 bits per heavy atom. The molecule has 0 amide bonds. The molecule has 0 aromatic rings. The first-order chi connectivity index (χ1) is 46.3. The maximum absolute atomic E-state index is 4.93. The summed E-state index contributed by atoms with van der Waals surface area (Å²) in [5, 5.41) is 0. The molecular weight excluding hydrogens is 1750 g/mol. The second-order valence-corrected chi connectivity index (χ2v) is 45.0. The number of hydrogen-bond acceptors (Lipinski definition) is 0. The fourth-order valence-corrected chi connectivity index (χ4v) is 20.1. The van der Waals surface area contributed by atoms with E-state index in [1.165, 1.54) is 231 Å². The molecule has 14 rings (SSSR count). The fraction of sp³-hybridized carbons (Fsp3) is 0.644. The Balaban J connectivity index is -0.000000577. The van der Waals surface area contributed by atoms with E-state index in [9.17, 15) is 0 Å². The summed E-state index contributed by atoms with van der Waals surface area (Å²) in [6.07, 6.45) is 110. The summed E-state index contributed by atoms with van der Waals surface area (Å²) >= 11 is -3.30. The van der Waals surface area contributed by atoms with Gasteiger partial charge in [-0.1, -0.05) is 275 Å². The van der Waals surface area contributed by atoms with Crippen LogP contribution in [0.2, 0.25) is 0 Å². The molecule has 0 aromatic carbocycles. The Morgan fingerprint density at radius 3 is 0.563 bits per heavy atom. The number of hydrogen-bond donors (Lipinski definition) is 0. The first-order valence-corrected chi connectivity index (χ1v) is 63.5. The van der Waals surface area contributed by atoms with Crippen LogP contribution < -0.4 is 0 Å². The first-order valence-electron chi connectivity index (χ1n) is 38.2. The second-order valence-electron chi connectivity index (χ2n) is 30.1. The Labute approximate surface area is 715 Å². The molecule has 14 aliphatic rings. The third-order valence-electron chi connectivity index (χ3n) is 24.9. The van der Waals surface area contributed by atoms with Crippen LogP contribution in [0.3, 0.4) is 0 Å². The molecule has 8 saturated carbocycles. The zero-order valence-electron chi connectivity index (χ0n) is 66.3. The number of halogens is 9. The predicted octanol–water partition coefficient (Wildman–Crippen LogP) is 33.5. The zero-order valence-corrected chi connectivity index (χ0v) is 82.2. The van der Waals surface area contributed by atoms with E-state index in [1.807, 2.05) is 0 Å². The van der Waals surface area contributed by atoms with Crippen LogP contribution in [0.5, 0.6) is 0 Å². The molecule has 13 heteroatoms. The molecule has 0 N–H and O–H groups in total. The normalized spacial score (nSPS) is 30.6. The van der Waals surface area contributed by atoms with Crippen LogP contribution in [-0.2, 0) is 83.4 Å². The molecule has 0 radical (unpaired) electrons. The topological polar surface area (TPSA) is 0 Å². The molecule has 586 valence electrons. The molecule has 0 saturated heterocycles. The molecule has 14 aliphatic carbocycles. The molecule has 0 aromatic heterocycles. The Kier molecular flexibility index (Phi) is 76.2. The van der Waals surface area contributed by atoms with E-state index in [0.717, 1.165) is 118 Å². The fourth-order valence-electron chi connectivity index (χ4n) is 20.1. The average molecular weight is 1900 g/mol.